The molecular formula is C16H19ClN2O3. The molecule has 5 nitrogen and oxygen atoms in total. The van der Waals surface area contributed by atoms with E-state index >= 15 is 0 Å². The fraction of sp³-hybridized carbons (Fsp3) is 0.375. The summed E-state index contributed by atoms with van der Waals surface area (Å²) in [6.45, 7) is 1.76. The van der Waals surface area contributed by atoms with Crippen molar-refractivity contribution < 1.29 is 14.6 Å². The van der Waals surface area contributed by atoms with Gasteiger partial charge in [-0.25, -0.2) is 9.78 Å². The van der Waals surface area contributed by atoms with E-state index in [4.69, 9.17) is 9.84 Å². The number of aromatic carboxylic acids is 1. The summed E-state index contributed by atoms with van der Waals surface area (Å²) in [6, 6.07) is 9.00. The van der Waals surface area contributed by atoms with Crippen LogP contribution in [0.5, 0.6) is 5.88 Å². The maximum absolute atomic E-state index is 10.9. The maximum Gasteiger partial charge on any atom is 0.335 e. The summed E-state index contributed by atoms with van der Waals surface area (Å²) in [5, 5.41) is 9.79. The van der Waals surface area contributed by atoms with Crippen LogP contribution in [0.3, 0.4) is 0 Å². The van der Waals surface area contributed by atoms with Crippen LogP contribution < -0.4 is 4.74 Å². The minimum Gasteiger partial charge on any atom is -0.478 e. The topological polar surface area (TPSA) is 62.7 Å². The lowest BCUT2D eigenvalue weighted by molar-refractivity contribution is 0.0697. The number of hydrogen-bond donors (Lipinski definition) is 1. The van der Waals surface area contributed by atoms with Crippen molar-refractivity contribution in [3.05, 3.63) is 35.9 Å². The summed E-state index contributed by atoms with van der Waals surface area (Å²) in [7, 11) is 2.11. The van der Waals surface area contributed by atoms with Gasteiger partial charge in [0.1, 0.15) is 6.61 Å². The van der Waals surface area contributed by atoms with Gasteiger partial charge in [0.25, 0.3) is 0 Å². The van der Waals surface area contributed by atoms with Crippen LogP contribution in [0.2, 0.25) is 0 Å². The molecule has 6 heteroatoms. The zero-order valence-electron chi connectivity index (χ0n) is 12.4. The van der Waals surface area contributed by atoms with E-state index in [1.165, 1.54) is 6.42 Å². The van der Waals surface area contributed by atoms with Crippen molar-refractivity contribution in [2.24, 2.45) is 0 Å². The largest absolute Gasteiger partial charge is 0.478 e. The number of benzene rings is 1. The Morgan fingerprint density at radius 3 is 2.91 bits per heavy atom. The average molecular weight is 323 g/mol. The summed E-state index contributed by atoms with van der Waals surface area (Å²) >= 11 is 0. The summed E-state index contributed by atoms with van der Waals surface area (Å²) in [5.41, 5.74) is 1.02. The minimum absolute atomic E-state index is 0. The third kappa shape index (κ3) is 3.48. The van der Waals surface area contributed by atoms with Gasteiger partial charge in [0.15, 0.2) is 0 Å². The molecule has 1 fully saturated rings. The number of likely N-dealkylation sites (N-methyl/N-ethyl adjacent to an activating group) is 1. The fourth-order valence-corrected chi connectivity index (χ4v) is 2.69. The minimum atomic E-state index is -0.929. The van der Waals surface area contributed by atoms with Gasteiger partial charge in [-0.2, -0.15) is 0 Å². The maximum atomic E-state index is 10.9. The second-order valence-corrected chi connectivity index (χ2v) is 5.45. The SMILES string of the molecule is CN1CCCC1COc1ccc2cc(C(=O)O)ccc2n1.Cl. The van der Waals surface area contributed by atoms with Gasteiger partial charge in [-0.1, -0.05) is 0 Å². The summed E-state index contributed by atoms with van der Waals surface area (Å²) < 4.78 is 5.78. The molecule has 1 atom stereocenters. The second kappa shape index (κ2) is 6.94. The van der Waals surface area contributed by atoms with Gasteiger partial charge in [0.2, 0.25) is 5.88 Å². The van der Waals surface area contributed by atoms with E-state index in [0.717, 1.165) is 23.9 Å². The number of fused-ring (bicyclic) bond motifs is 1. The number of carboxylic acid groups (broad SMARTS) is 1. The Balaban J connectivity index is 0.00000176. The number of carboxylic acids is 1. The van der Waals surface area contributed by atoms with Gasteiger partial charge in [0.05, 0.1) is 11.1 Å². The molecule has 0 amide bonds. The normalized spacial score (nSPS) is 18.1. The standard InChI is InChI=1S/C16H18N2O3.ClH/c1-18-8-2-3-13(18)10-21-15-7-5-11-9-12(16(19)20)4-6-14(11)17-15;/h4-7,9,13H,2-3,8,10H2,1H3,(H,19,20);1H. The molecule has 2 aromatic rings. The number of likely N-dealkylation sites (tertiary alicyclic amines) is 1. The highest BCUT2D eigenvalue weighted by atomic mass is 35.5. The van der Waals surface area contributed by atoms with E-state index in [2.05, 4.69) is 16.9 Å². The van der Waals surface area contributed by atoms with E-state index in [9.17, 15) is 4.79 Å². The first kappa shape index (κ1) is 16.5. The first-order valence-electron chi connectivity index (χ1n) is 7.10. The van der Waals surface area contributed by atoms with Crippen LogP contribution in [-0.2, 0) is 0 Å². The molecule has 1 aromatic heterocycles. The van der Waals surface area contributed by atoms with Gasteiger partial charge in [-0.15, -0.1) is 12.4 Å². The Bertz CT molecular complexity index is 677. The molecule has 0 saturated carbocycles. The Morgan fingerprint density at radius 2 is 2.23 bits per heavy atom. The Hall–Kier alpha value is -1.85. The van der Waals surface area contributed by atoms with Crippen molar-refractivity contribution in [2.75, 3.05) is 20.2 Å². The number of ether oxygens (including phenoxy) is 1. The Morgan fingerprint density at radius 1 is 1.41 bits per heavy atom. The molecule has 1 saturated heterocycles. The smallest absolute Gasteiger partial charge is 0.335 e. The van der Waals surface area contributed by atoms with Crippen LogP contribution in [0.15, 0.2) is 30.3 Å². The van der Waals surface area contributed by atoms with Gasteiger partial charge in [-0.05, 0) is 50.7 Å². The van der Waals surface area contributed by atoms with Crippen molar-refractivity contribution in [2.45, 2.75) is 18.9 Å². The third-order valence-electron chi connectivity index (χ3n) is 4.01. The van der Waals surface area contributed by atoms with E-state index < -0.39 is 5.97 Å². The van der Waals surface area contributed by atoms with Crippen LogP contribution in [0.1, 0.15) is 23.2 Å². The van der Waals surface area contributed by atoms with Crippen LogP contribution in [-0.4, -0.2) is 47.2 Å². The monoisotopic (exact) mass is 322 g/mol. The lowest BCUT2D eigenvalue weighted by atomic mass is 10.1. The van der Waals surface area contributed by atoms with E-state index in [1.807, 2.05) is 6.07 Å². The van der Waals surface area contributed by atoms with Crippen LogP contribution in [0.25, 0.3) is 10.9 Å². The molecule has 3 rings (SSSR count). The van der Waals surface area contributed by atoms with E-state index in [-0.39, 0.29) is 18.0 Å². The fourth-order valence-electron chi connectivity index (χ4n) is 2.69. The average Bonchev–Trinajstić information content (AvgIpc) is 2.89. The molecule has 1 aliphatic rings. The lowest BCUT2D eigenvalue weighted by Crippen LogP contribution is -2.30. The summed E-state index contributed by atoms with van der Waals surface area (Å²) in [5.74, 6) is -0.340. The quantitative estimate of drug-likeness (QED) is 0.937. The highest BCUT2D eigenvalue weighted by Crippen LogP contribution is 2.20. The van der Waals surface area contributed by atoms with Crippen molar-refractivity contribution in [3.8, 4) is 5.88 Å². The van der Waals surface area contributed by atoms with Crippen molar-refractivity contribution >= 4 is 29.3 Å². The van der Waals surface area contributed by atoms with E-state index in [0.29, 0.717) is 18.5 Å². The lowest BCUT2D eigenvalue weighted by Gasteiger charge is -2.19. The molecule has 1 N–H and O–H groups in total. The van der Waals surface area contributed by atoms with Gasteiger partial charge < -0.3 is 14.7 Å². The first-order valence-corrected chi connectivity index (χ1v) is 7.10. The highest BCUT2D eigenvalue weighted by molar-refractivity contribution is 5.93. The molecule has 0 aliphatic carbocycles. The zero-order chi connectivity index (χ0) is 14.8. The molecule has 118 valence electrons. The molecule has 22 heavy (non-hydrogen) atoms. The number of pyridine rings is 1. The van der Waals surface area contributed by atoms with Crippen LogP contribution in [0, 0.1) is 0 Å². The Labute approximate surface area is 135 Å². The summed E-state index contributed by atoms with van der Waals surface area (Å²) in [6.07, 6.45) is 2.37. The van der Waals surface area contributed by atoms with Gasteiger partial charge in [-0.3, -0.25) is 0 Å². The van der Waals surface area contributed by atoms with Crippen molar-refractivity contribution in [1.29, 1.82) is 0 Å². The van der Waals surface area contributed by atoms with E-state index in [1.54, 1.807) is 24.3 Å². The number of rotatable bonds is 4. The predicted octanol–water partition coefficient (Wildman–Crippen LogP) is 2.83. The third-order valence-corrected chi connectivity index (χ3v) is 4.01. The van der Waals surface area contributed by atoms with Crippen LogP contribution >= 0.6 is 12.4 Å². The van der Waals surface area contributed by atoms with Crippen molar-refractivity contribution in [3.63, 3.8) is 0 Å². The van der Waals surface area contributed by atoms with Gasteiger partial charge in [0, 0.05) is 17.5 Å². The number of carbonyl (C=O) groups is 1. The molecule has 1 unspecified atom stereocenters. The molecule has 0 radical (unpaired) electrons. The molecule has 2 heterocycles. The van der Waals surface area contributed by atoms with Crippen LogP contribution in [0.4, 0.5) is 0 Å². The first-order chi connectivity index (χ1) is 10.1. The Kier molecular flexibility index (Phi) is 5.21. The van der Waals surface area contributed by atoms with Crippen molar-refractivity contribution in [1.82, 2.24) is 9.88 Å². The molecule has 1 aliphatic heterocycles. The number of hydrogen-bond acceptors (Lipinski definition) is 4. The second-order valence-electron chi connectivity index (χ2n) is 5.45. The predicted molar refractivity (Wildman–Crippen MR) is 87.1 cm³/mol. The molecular weight excluding hydrogens is 304 g/mol. The number of aromatic nitrogens is 1. The molecule has 0 bridgehead atoms. The zero-order valence-corrected chi connectivity index (χ0v) is 13.2. The van der Waals surface area contributed by atoms with Gasteiger partial charge >= 0.3 is 5.97 Å². The summed E-state index contributed by atoms with van der Waals surface area (Å²) in [4.78, 5) is 17.7. The highest BCUT2D eigenvalue weighted by Gasteiger charge is 2.21. The molecule has 0 spiro atoms. The number of nitrogens with zero attached hydrogens (tertiary/aromatic N) is 2. The molecule has 1 aromatic carbocycles. The number of halogens is 1.